The van der Waals surface area contributed by atoms with Gasteiger partial charge in [0.05, 0.1) is 15.7 Å². The first-order valence-electron chi connectivity index (χ1n) is 3.69. The molecule has 2 aromatic rings. The van der Waals surface area contributed by atoms with Crippen molar-refractivity contribution in [3.05, 3.63) is 27.8 Å². The van der Waals surface area contributed by atoms with Crippen LogP contribution in [0.25, 0.3) is 11.3 Å². The highest BCUT2D eigenvalue weighted by atomic mass is 35.5. The third-order valence-electron chi connectivity index (χ3n) is 1.63. The van der Waals surface area contributed by atoms with Crippen molar-refractivity contribution in [1.29, 1.82) is 0 Å². The van der Waals surface area contributed by atoms with Gasteiger partial charge in [-0.15, -0.1) is 11.3 Å². The molecule has 0 spiro atoms. The molecule has 0 saturated carbocycles. The van der Waals surface area contributed by atoms with Crippen molar-refractivity contribution in [3.63, 3.8) is 0 Å². The highest BCUT2D eigenvalue weighted by Crippen LogP contribution is 2.34. The van der Waals surface area contributed by atoms with Gasteiger partial charge in [-0.2, -0.15) is 0 Å². The number of hydrogen-bond donors (Lipinski definition) is 1. The molecule has 0 fully saturated rings. The zero-order valence-corrected chi connectivity index (χ0v) is 9.20. The third-order valence-corrected chi connectivity index (χ3v) is 2.88. The van der Waals surface area contributed by atoms with Gasteiger partial charge in [0.2, 0.25) is 0 Å². The first kappa shape index (κ1) is 9.71. The molecule has 0 unspecified atom stereocenters. The van der Waals surface area contributed by atoms with E-state index in [9.17, 15) is 0 Å². The number of thiazole rings is 1. The van der Waals surface area contributed by atoms with Crippen molar-refractivity contribution in [2.24, 2.45) is 0 Å². The van der Waals surface area contributed by atoms with Crippen LogP contribution in [0.15, 0.2) is 17.8 Å². The number of pyridine rings is 1. The molecule has 0 atom stereocenters. The minimum absolute atomic E-state index is 0.475. The van der Waals surface area contributed by atoms with E-state index in [-0.39, 0.29) is 0 Å². The lowest BCUT2D eigenvalue weighted by Gasteiger charge is -2.01. The van der Waals surface area contributed by atoms with Gasteiger partial charge >= 0.3 is 0 Å². The van der Waals surface area contributed by atoms with Crippen LogP contribution in [-0.4, -0.2) is 9.97 Å². The molecule has 0 aliphatic rings. The lowest BCUT2D eigenvalue weighted by molar-refractivity contribution is 1.31. The molecule has 0 amide bonds. The summed E-state index contributed by atoms with van der Waals surface area (Å²) in [4.78, 5) is 7.96. The molecule has 2 aromatic heterocycles. The maximum absolute atomic E-state index is 5.95. The van der Waals surface area contributed by atoms with Gasteiger partial charge < -0.3 is 5.73 Å². The Labute approximate surface area is 94.5 Å². The Morgan fingerprint density at radius 3 is 2.36 bits per heavy atom. The number of rotatable bonds is 1. The summed E-state index contributed by atoms with van der Waals surface area (Å²) < 4.78 is 0. The number of aromatic nitrogens is 2. The van der Waals surface area contributed by atoms with Crippen LogP contribution in [0, 0.1) is 0 Å². The second-order valence-corrected chi connectivity index (χ2v) is 4.25. The Hall–Kier alpha value is -0.840. The summed E-state index contributed by atoms with van der Waals surface area (Å²) >= 11 is 13.2. The minimum Gasteiger partial charge on any atom is -0.375 e. The molecular weight excluding hydrogens is 241 g/mol. The maximum atomic E-state index is 5.95. The highest BCUT2D eigenvalue weighted by molar-refractivity contribution is 7.13. The van der Waals surface area contributed by atoms with Gasteiger partial charge in [0.1, 0.15) is 0 Å². The Bertz CT molecular complexity index is 449. The number of nitrogen functional groups attached to an aromatic ring is 1. The molecule has 3 nitrogen and oxygen atoms in total. The molecule has 14 heavy (non-hydrogen) atoms. The zero-order chi connectivity index (χ0) is 10.1. The monoisotopic (exact) mass is 245 g/mol. The Morgan fingerprint density at radius 1 is 1.21 bits per heavy atom. The van der Waals surface area contributed by atoms with E-state index in [0.29, 0.717) is 26.4 Å². The van der Waals surface area contributed by atoms with Crippen molar-refractivity contribution in [3.8, 4) is 11.3 Å². The largest absolute Gasteiger partial charge is 0.375 e. The molecule has 0 aromatic carbocycles. The molecule has 0 aliphatic carbocycles. The molecule has 2 heterocycles. The van der Waals surface area contributed by atoms with Crippen LogP contribution < -0.4 is 5.73 Å². The highest BCUT2D eigenvalue weighted by Gasteiger charge is 2.11. The van der Waals surface area contributed by atoms with E-state index in [1.54, 1.807) is 0 Å². The number of hydrogen-bond acceptors (Lipinski definition) is 4. The van der Waals surface area contributed by atoms with Gasteiger partial charge in [-0.05, 0) is 0 Å². The average Bonchev–Trinajstić information content (AvgIpc) is 2.51. The van der Waals surface area contributed by atoms with E-state index in [1.807, 2.05) is 5.38 Å². The van der Waals surface area contributed by atoms with E-state index < -0.39 is 0 Å². The SMILES string of the molecule is Nc1nc(-c2c(Cl)cncc2Cl)cs1. The van der Waals surface area contributed by atoms with Crippen LogP contribution in [0.1, 0.15) is 0 Å². The Balaban J connectivity index is 2.61. The second-order valence-electron chi connectivity index (χ2n) is 2.55. The fourth-order valence-corrected chi connectivity index (χ4v) is 2.17. The molecular formula is C8H5Cl2N3S. The van der Waals surface area contributed by atoms with E-state index in [0.717, 1.165) is 0 Å². The molecule has 0 aliphatic heterocycles. The zero-order valence-electron chi connectivity index (χ0n) is 6.87. The van der Waals surface area contributed by atoms with Crippen molar-refractivity contribution < 1.29 is 0 Å². The maximum Gasteiger partial charge on any atom is 0.180 e. The predicted molar refractivity (Wildman–Crippen MR) is 59.8 cm³/mol. The van der Waals surface area contributed by atoms with Gasteiger partial charge in [0, 0.05) is 23.3 Å². The number of nitrogens with two attached hydrogens (primary N) is 1. The van der Waals surface area contributed by atoms with Crippen LogP contribution >= 0.6 is 34.5 Å². The summed E-state index contributed by atoms with van der Waals surface area (Å²) in [6, 6.07) is 0. The normalized spacial score (nSPS) is 10.4. The molecule has 72 valence electrons. The van der Waals surface area contributed by atoms with E-state index >= 15 is 0 Å². The van der Waals surface area contributed by atoms with Crippen LogP contribution in [-0.2, 0) is 0 Å². The van der Waals surface area contributed by atoms with Crippen molar-refractivity contribution in [2.75, 3.05) is 5.73 Å². The summed E-state index contributed by atoms with van der Waals surface area (Å²) in [6.07, 6.45) is 3.05. The molecule has 2 rings (SSSR count). The summed E-state index contributed by atoms with van der Waals surface area (Å²) in [6.45, 7) is 0. The van der Waals surface area contributed by atoms with Gasteiger partial charge in [0.25, 0.3) is 0 Å². The van der Waals surface area contributed by atoms with Crippen molar-refractivity contribution in [2.45, 2.75) is 0 Å². The van der Waals surface area contributed by atoms with E-state index in [1.165, 1.54) is 23.7 Å². The lowest BCUT2D eigenvalue weighted by atomic mass is 10.2. The molecule has 0 saturated heterocycles. The van der Waals surface area contributed by atoms with Crippen molar-refractivity contribution in [1.82, 2.24) is 9.97 Å². The number of halogens is 2. The Kier molecular flexibility index (Phi) is 2.58. The number of nitrogens with zero attached hydrogens (tertiary/aromatic N) is 2. The third kappa shape index (κ3) is 1.68. The minimum atomic E-state index is 0.475. The number of anilines is 1. The standard InChI is InChI=1S/C8H5Cl2N3S/c9-4-1-12-2-5(10)7(4)6-3-14-8(11)13-6/h1-3H,(H2,11,13). The molecule has 0 bridgehead atoms. The van der Waals surface area contributed by atoms with Gasteiger partial charge in [-0.1, -0.05) is 23.2 Å². The molecule has 6 heteroatoms. The van der Waals surface area contributed by atoms with Gasteiger partial charge in [-0.3, -0.25) is 4.98 Å². The van der Waals surface area contributed by atoms with Crippen LogP contribution in [0.3, 0.4) is 0 Å². The summed E-state index contributed by atoms with van der Waals surface area (Å²) in [5.74, 6) is 0. The predicted octanol–water partition coefficient (Wildman–Crippen LogP) is 3.09. The first-order valence-corrected chi connectivity index (χ1v) is 5.32. The summed E-state index contributed by atoms with van der Waals surface area (Å²) in [5.41, 5.74) is 6.88. The lowest BCUT2D eigenvalue weighted by Crippen LogP contribution is -1.86. The Morgan fingerprint density at radius 2 is 1.86 bits per heavy atom. The topological polar surface area (TPSA) is 51.8 Å². The summed E-state index contributed by atoms with van der Waals surface area (Å²) in [7, 11) is 0. The van der Waals surface area contributed by atoms with Crippen LogP contribution in [0.4, 0.5) is 5.13 Å². The van der Waals surface area contributed by atoms with Crippen LogP contribution in [0.5, 0.6) is 0 Å². The van der Waals surface area contributed by atoms with Gasteiger partial charge in [-0.25, -0.2) is 4.98 Å². The second kappa shape index (κ2) is 3.73. The first-order chi connectivity index (χ1) is 6.68. The average molecular weight is 246 g/mol. The van der Waals surface area contributed by atoms with E-state index in [2.05, 4.69) is 9.97 Å². The van der Waals surface area contributed by atoms with Gasteiger partial charge in [0.15, 0.2) is 5.13 Å². The fraction of sp³-hybridized carbons (Fsp3) is 0. The van der Waals surface area contributed by atoms with E-state index in [4.69, 9.17) is 28.9 Å². The molecule has 2 N–H and O–H groups in total. The fourth-order valence-electron chi connectivity index (χ4n) is 1.06. The smallest absolute Gasteiger partial charge is 0.180 e. The summed E-state index contributed by atoms with van der Waals surface area (Å²) in [5, 5.41) is 3.25. The van der Waals surface area contributed by atoms with Crippen LogP contribution in [0.2, 0.25) is 10.0 Å². The molecule has 0 radical (unpaired) electrons. The quantitative estimate of drug-likeness (QED) is 0.841. The van der Waals surface area contributed by atoms with Crippen molar-refractivity contribution >= 4 is 39.7 Å².